The van der Waals surface area contributed by atoms with Crippen LogP contribution in [-0.4, -0.2) is 0 Å². The molecule has 0 radical (unpaired) electrons. The fourth-order valence-corrected chi connectivity index (χ4v) is 1.60. The molecule has 0 aromatic rings. The number of hydrogen-bond donors (Lipinski definition) is 0. The second-order valence-corrected chi connectivity index (χ2v) is 3.02. The van der Waals surface area contributed by atoms with Gasteiger partial charge in [0.2, 0.25) is 0 Å². The van der Waals surface area contributed by atoms with E-state index in [-0.39, 0.29) is 0 Å². The first-order valence-electron chi connectivity index (χ1n) is 4.31. The third-order valence-corrected chi connectivity index (χ3v) is 2.26. The lowest BCUT2D eigenvalue weighted by atomic mass is 9.90. The Labute approximate surface area is 63.6 Å². The molecule has 2 atom stereocenters. The van der Waals surface area contributed by atoms with Crippen LogP contribution in [0.4, 0.5) is 0 Å². The van der Waals surface area contributed by atoms with E-state index in [0.29, 0.717) is 0 Å². The van der Waals surface area contributed by atoms with E-state index in [0.717, 1.165) is 11.8 Å². The second kappa shape index (κ2) is 3.63. The van der Waals surface area contributed by atoms with Gasteiger partial charge in [-0.1, -0.05) is 20.3 Å². The van der Waals surface area contributed by atoms with E-state index in [1.54, 1.807) is 0 Å². The molecule has 1 aliphatic carbocycles. The molecule has 10 heavy (non-hydrogen) atoms. The summed E-state index contributed by atoms with van der Waals surface area (Å²) in [6.45, 7) is 4.50. The third kappa shape index (κ3) is 1.52. The highest BCUT2D eigenvalue weighted by molar-refractivity contribution is 5.05. The molecule has 0 aromatic carbocycles. The Bertz CT molecular complexity index is 149. The topological polar surface area (TPSA) is 0 Å². The van der Waals surface area contributed by atoms with E-state index >= 15 is 0 Å². The maximum Gasteiger partial charge on any atom is -0.00887 e. The van der Waals surface area contributed by atoms with Crippen LogP contribution in [0.1, 0.15) is 33.1 Å². The quantitative estimate of drug-likeness (QED) is 0.523. The van der Waals surface area contributed by atoms with Gasteiger partial charge in [-0.2, -0.15) is 0 Å². The maximum absolute atomic E-state index is 3.21. The van der Waals surface area contributed by atoms with Crippen LogP contribution in [0.3, 0.4) is 0 Å². The van der Waals surface area contributed by atoms with Crippen LogP contribution < -0.4 is 0 Å². The molecule has 0 N–H and O–H groups in total. The molecule has 56 valence electrons. The van der Waals surface area contributed by atoms with Gasteiger partial charge in [-0.25, -0.2) is 0 Å². The second-order valence-electron chi connectivity index (χ2n) is 3.02. The van der Waals surface area contributed by atoms with Crippen molar-refractivity contribution in [2.45, 2.75) is 33.1 Å². The summed E-state index contributed by atoms with van der Waals surface area (Å²) in [6.07, 6.45) is 8.36. The molecule has 0 heteroatoms. The first-order valence-corrected chi connectivity index (χ1v) is 4.31. The first kappa shape index (κ1) is 7.63. The molecular formula is C10H16. The zero-order valence-electron chi connectivity index (χ0n) is 6.93. The minimum atomic E-state index is 0.792. The van der Waals surface area contributed by atoms with Crippen LogP contribution in [-0.2, 0) is 0 Å². The molecule has 0 aliphatic heterocycles. The number of hydrogen-bond acceptors (Lipinski definition) is 0. The molecule has 0 heterocycles. The molecule has 1 rings (SSSR count). The fourth-order valence-electron chi connectivity index (χ4n) is 1.60. The van der Waals surface area contributed by atoms with Crippen molar-refractivity contribution in [3.8, 4) is 0 Å². The van der Waals surface area contributed by atoms with Crippen molar-refractivity contribution in [3.05, 3.63) is 17.9 Å². The molecule has 2 unspecified atom stereocenters. The van der Waals surface area contributed by atoms with Gasteiger partial charge in [-0.05, 0) is 36.8 Å². The van der Waals surface area contributed by atoms with Crippen molar-refractivity contribution in [2.75, 3.05) is 0 Å². The number of allylic oxidation sites excluding steroid dienone is 1. The molecule has 0 amide bonds. The van der Waals surface area contributed by atoms with Gasteiger partial charge in [0, 0.05) is 0 Å². The molecule has 0 saturated carbocycles. The van der Waals surface area contributed by atoms with Gasteiger partial charge in [0.25, 0.3) is 0 Å². The van der Waals surface area contributed by atoms with Gasteiger partial charge < -0.3 is 0 Å². The summed E-state index contributed by atoms with van der Waals surface area (Å²) in [4.78, 5) is 0. The summed E-state index contributed by atoms with van der Waals surface area (Å²) in [5, 5.41) is 0. The van der Waals surface area contributed by atoms with Crippen molar-refractivity contribution in [1.82, 2.24) is 0 Å². The van der Waals surface area contributed by atoms with Crippen LogP contribution in [0, 0.1) is 11.8 Å². The van der Waals surface area contributed by atoms with Crippen LogP contribution >= 0.6 is 0 Å². The summed E-state index contributed by atoms with van der Waals surface area (Å²) in [7, 11) is 0. The van der Waals surface area contributed by atoms with Crippen LogP contribution in [0.2, 0.25) is 0 Å². The summed E-state index contributed by atoms with van der Waals surface area (Å²) < 4.78 is 0. The highest BCUT2D eigenvalue weighted by Crippen LogP contribution is 2.26. The molecule has 0 bridgehead atoms. The lowest BCUT2D eigenvalue weighted by Gasteiger charge is -2.14. The van der Waals surface area contributed by atoms with Crippen molar-refractivity contribution < 1.29 is 0 Å². The summed E-state index contributed by atoms with van der Waals surface area (Å²) in [5.74, 6) is 1.59. The summed E-state index contributed by atoms with van der Waals surface area (Å²) in [5.41, 5.74) is 3.21. The van der Waals surface area contributed by atoms with E-state index in [1.807, 2.05) is 0 Å². The molecule has 0 aromatic heterocycles. The van der Waals surface area contributed by atoms with E-state index in [1.165, 1.54) is 19.3 Å². The zero-order chi connectivity index (χ0) is 7.40. The highest BCUT2D eigenvalue weighted by atomic mass is 14.2. The van der Waals surface area contributed by atoms with Crippen molar-refractivity contribution in [1.29, 1.82) is 0 Å². The van der Waals surface area contributed by atoms with Crippen molar-refractivity contribution in [2.24, 2.45) is 11.8 Å². The van der Waals surface area contributed by atoms with Gasteiger partial charge in [0.15, 0.2) is 0 Å². The highest BCUT2D eigenvalue weighted by Gasteiger charge is 2.16. The van der Waals surface area contributed by atoms with Gasteiger partial charge in [0.05, 0.1) is 0 Å². The average Bonchev–Trinajstić information content (AvgIpc) is 2.36. The Morgan fingerprint density at radius 2 is 1.90 bits per heavy atom. The van der Waals surface area contributed by atoms with Crippen molar-refractivity contribution in [3.63, 3.8) is 0 Å². The Kier molecular flexibility index (Phi) is 2.77. The van der Waals surface area contributed by atoms with E-state index in [4.69, 9.17) is 0 Å². The van der Waals surface area contributed by atoms with E-state index < -0.39 is 0 Å². The lowest BCUT2D eigenvalue weighted by Crippen LogP contribution is -2.05. The Balaban J connectivity index is 2.39. The average molecular weight is 136 g/mol. The SMILES string of the molecule is CCCC1C=C=CC1CC. The van der Waals surface area contributed by atoms with Gasteiger partial charge in [-0.3, -0.25) is 0 Å². The molecular weight excluding hydrogens is 120 g/mol. The molecule has 0 nitrogen and oxygen atoms in total. The normalized spacial score (nSPS) is 29.8. The minimum Gasteiger partial charge on any atom is -0.129 e. The predicted octanol–water partition coefficient (Wildman–Crippen LogP) is 3.15. The largest absolute Gasteiger partial charge is 0.129 e. The van der Waals surface area contributed by atoms with Crippen LogP contribution in [0.25, 0.3) is 0 Å². The minimum absolute atomic E-state index is 0.792. The molecule has 1 aliphatic rings. The predicted molar refractivity (Wildman–Crippen MR) is 44.8 cm³/mol. The standard InChI is InChI=1S/C10H16/c1-3-6-10-8-5-7-9(10)4-2/h7-10H,3-4,6H2,1-2H3. The van der Waals surface area contributed by atoms with Gasteiger partial charge in [-0.15, -0.1) is 5.73 Å². The van der Waals surface area contributed by atoms with Crippen molar-refractivity contribution >= 4 is 0 Å². The Hall–Kier alpha value is -0.480. The Morgan fingerprint density at radius 1 is 1.20 bits per heavy atom. The Morgan fingerprint density at radius 3 is 2.50 bits per heavy atom. The fraction of sp³-hybridized carbons (Fsp3) is 0.700. The first-order chi connectivity index (χ1) is 4.88. The van der Waals surface area contributed by atoms with E-state index in [2.05, 4.69) is 31.7 Å². The lowest BCUT2D eigenvalue weighted by molar-refractivity contribution is 0.441. The molecule has 0 fully saturated rings. The maximum atomic E-state index is 3.21. The summed E-state index contributed by atoms with van der Waals surface area (Å²) in [6, 6.07) is 0. The monoisotopic (exact) mass is 136 g/mol. The smallest absolute Gasteiger partial charge is 0.00887 e. The van der Waals surface area contributed by atoms with E-state index in [9.17, 15) is 0 Å². The van der Waals surface area contributed by atoms with Crippen LogP contribution in [0.5, 0.6) is 0 Å². The van der Waals surface area contributed by atoms with Gasteiger partial charge in [0.1, 0.15) is 0 Å². The molecule has 0 saturated heterocycles. The summed E-state index contributed by atoms with van der Waals surface area (Å²) >= 11 is 0. The molecule has 0 spiro atoms. The number of rotatable bonds is 3. The van der Waals surface area contributed by atoms with Crippen LogP contribution in [0.15, 0.2) is 17.9 Å². The third-order valence-electron chi connectivity index (χ3n) is 2.26. The van der Waals surface area contributed by atoms with Gasteiger partial charge >= 0.3 is 0 Å². The zero-order valence-corrected chi connectivity index (χ0v) is 6.93.